The third-order valence-electron chi connectivity index (χ3n) is 14.6. The van der Waals surface area contributed by atoms with Crippen molar-refractivity contribution in [2.45, 2.75) is 139 Å². The largest absolute Gasteiger partial charge is 0.478 e. The van der Waals surface area contributed by atoms with E-state index >= 15 is 0 Å². The summed E-state index contributed by atoms with van der Waals surface area (Å²) in [6, 6.07) is 16.7. The van der Waals surface area contributed by atoms with Crippen molar-refractivity contribution >= 4 is 23.8 Å². The summed E-state index contributed by atoms with van der Waals surface area (Å²) in [5.74, 6) is 0.474. The van der Waals surface area contributed by atoms with E-state index < -0.39 is 11.9 Å². The highest BCUT2D eigenvalue weighted by molar-refractivity contribution is 5.90. The number of hydrogen-bond donors (Lipinski definition) is 2. The lowest BCUT2D eigenvalue weighted by atomic mass is 9.77. The average Bonchev–Trinajstić information content (AvgIpc) is 4.26. The van der Waals surface area contributed by atoms with Crippen molar-refractivity contribution in [3.05, 3.63) is 94.6 Å². The fourth-order valence-electron chi connectivity index (χ4n) is 11.0. The number of aromatic nitrogens is 4. The van der Waals surface area contributed by atoms with E-state index in [1.54, 1.807) is 0 Å². The topological polar surface area (TPSA) is 151 Å². The van der Waals surface area contributed by atoms with E-state index in [1.807, 2.05) is 33.6 Å². The minimum Gasteiger partial charge on any atom is -0.478 e. The minimum atomic E-state index is -0.907. The average molecular weight is 843 g/mol. The van der Waals surface area contributed by atoms with Gasteiger partial charge in [0.2, 0.25) is 11.8 Å². The highest BCUT2D eigenvalue weighted by Gasteiger charge is 2.36. The number of carboxylic acids is 2. The number of aromatic carboxylic acids is 2. The zero-order valence-electron chi connectivity index (χ0n) is 36.0. The van der Waals surface area contributed by atoms with Crippen LogP contribution in [0.15, 0.2) is 60.9 Å². The molecule has 2 amide bonds. The van der Waals surface area contributed by atoms with Gasteiger partial charge in [0.25, 0.3) is 0 Å². The number of hydrogen-bond acceptors (Lipinski definition) is 6. The van der Waals surface area contributed by atoms with E-state index in [0.717, 1.165) is 152 Å². The molecule has 1 unspecified atom stereocenters. The molecule has 2 aliphatic heterocycles. The molecule has 4 aromatic rings. The number of carbonyl (C=O) groups excluding carboxylic acids is 2. The number of carbonyl (C=O) groups is 4. The van der Waals surface area contributed by atoms with Crippen LogP contribution in [0, 0.1) is 11.8 Å². The van der Waals surface area contributed by atoms with Crippen LogP contribution >= 0.6 is 0 Å². The van der Waals surface area contributed by atoms with Gasteiger partial charge in [-0.05, 0) is 150 Å². The highest BCUT2D eigenvalue weighted by Crippen LogP contribution is 2.45. The second-order valence-corrected chi connectivity index (χ2v) is 19.0. The van der Waals surface area contributed by atoms with Crippen LogP contribution in [0.5, 0.6) is 0 Å². The molecule has 0 bridgehead atoms. The molecule has 6 fully saturated rings. The maximum Gasteiger partial charge on any atom is 0.339 e. The molecule has 62 heavy (non-hydrogen) atoms. The highest BCUT2D eigenvalue weighted by atomic mass is 16.4. The fourth-order valence-corrected chi connectivity index (χ4v) is 11.0. The van der Waals surface area contributed by atoms with Crippen LogP contribution in [0.25, 0.3) is 11.4 Å². The molecule has 0 spiro atoms. The van der Waals surface area contributed by atoms with Crippen molar-refractivity contribution in [3.63, 3.8) is 0 Å². The maximum atomic E-state index is 13.1. The Morgan fingerprint density at radius 2 is 0.887 bits per heavy atom. The Morgan fingerprint density at radius 3 is 1.26 bits per heavy atom. The number of nitrogens with zero attached hydrogens (tertiary/aromatic N) is 6. The van der Waals surface area contributed by atoms with Gasteiger partial charge in [0.05, 0.1) is 35.2 Å². The Kier molecular flexibility index (Phi) is 12.6. The van der Waals surface area contributed by atoms with Crippen molar-refractivity contribution in [1.29, 1.82) is 0 Å². The number of carboxylic acid groups (broad SMARTS) is 2. The SMILES string of the molecule is O=C(O)c1cnn(-c2cccc(C3CCC[C@H](C(=O)N4CCCCC4)C3)c2)c1C1CC1.O=C(O)c1cnn(-c2cccc([C@H]3CCC[C@@H](C(=O)N4CCCCC4)C3)c2)c1C1CC1. The summed E-state index contributed by atoms with van der Waals surface area (Å²) in [5.41, 5.74) is 6.62. The van der Waals surface area contributed by atoms with Gasteiger partial charge in [-0.15, -0.1) is 0 Å². The predicted octanol–water partition coefficient (Wildman–Crippen LogP) is 9.47. The van der Waals surface area contributed by atoms with Gasteiger partial charge in [0.1, 0.15) is 11.1 Å². The van der Waals surface area contributed by atoms with Crippen molar-refractivity contribution in [2.24, 2.45) is 11.8 Å². The Bertz CT molecular complexity index is 2100. The van der Waals surface area contributed by atoms with Crippen molar-refractivity contribution in [3.8, 4) is 11.4 Å². The molecule has 2 aromatic carbocycles. The minimum absolute atomic E-state index is 0.130. The fraction of sp³-hybridized carbons (Fsp3) is 0.560. The van der Waals surface area contributed by atoms with Crippen molar-refractivity contribution in [2.75, 3.05) is 26.2 Å². The predicted molar refractivity (Wildman–Crippen MR) is 235 cm³/mol. The van der Waals surface area contributed by atoms with E-state index in [-0.39, 0.29) is 11.8 Å². The smallest absolute Gasteiger partial charge is 0.339 e. The number of piperidine rings is 2. The molecule has 328 valence electrons. The molecule has 2 N–H and O–H groups in total. The van der Waals surface area contributed by atoms with Gasteiger partial charge in [0, 0.05) is 49.9 Å². The first-order valence-electron chi connectivity index (χ1n) is 23.6. The quantitative estimate of drug-likeness (QED) is 0.160. The van der Waals surface area contributed by atoms with Crippen LogP contribution in [0.4, 0.5) is 0 Å². The van der Waals surface area contributed by atoms with Crippen LogP contribution < -0.4 is 0 Å². The molecule has 4 saturated carbocycles. The summed E-state index contributed by atoms with van der Waals surface area (Å²) in [6.07, 6.45) is 22.3. The Labute approximate surface area is 364 Å². The van der Waals surface area contributed by atoms with Gasteiger partial charge >= 0.3 is 11.9 Å². The number of rotatable bonds is 10. The van der Waals surface area contributed by atoms with Gasteiger partial charge in [-0.2, -0.15) is 10.2 Å². The van der Waals surface area contributed by atoms with Gasteiger partial charge in [-0.1, -0.05) is 37.1 Å². The van der Waals surface area contributed by atoms with Gasteiger partial charge < -0.3 is 20.0 Å². The zero-order valence-corrected chi connectivity index (χ0v) is 36.0. The standard InChI is InChI=1S/2C25H31N3O3/c2*29-24(27-12-2-1-3-13-27)20-8-4-6-18(14-20)19-7-5-9-21(15-19)28-23(17-10-11-17)22(16-26-28)25(30)31/h2*5,7,9,15-18,20H,1-4,6,8,10-14H2,(H,30,31)/t18?,20-;18-,20+/m00/s1. The molecule has 2 aromatic heterocycles. The lowest BCUT2D eigenvalue weighted by Crippen LogP contribution is -2.40. The molecule has 4 heterocycles. The molecule has 4 aliphatic carbocycles. The van der Waals surface area contributed by atoms with Crippen LogP contribution in [-0.2, 0) is 9.59 Å². The van der Waals surface area contributed by atoms with Crippen LogP contribution in [0.1, 0.15) is 182 Å². The monoisotopic (exact) mass is 842 g/mol. The van der Waals surface area contributed by atoms with E-state index in [2.05, 4.69) is 44.3 Å². The van der Waals surface area contributed by atoms with Gasteiger partial charge in [-0.3, -0.25) is 9.59 Å². The third-order valence-corrected chi connectivity index (χ3v) is 14.6. The molecule has 2 saturated heterocycles. The summed E-state index contributed by atoms with van der Waals surface area (Å²) in [6.45, 7) is 3.69. The normalized spacial score (nSPS) is 24.2. The van der Waals surface area contributed by atoms with E-state index in [1.165, 1.54) is 36.4 Å². The molecule has 12 nitrogen and oxygen atoms in total. The molecule has 4 atom stereocenters. The zero-order chi connectivity index (χ0) is 42.7. The van der Waals surface area contributed by atoms with Crippen molar-refractivity contribution < 1.29 is 29.4 Å². The molecular formula is C50H62N6O6. The summed E-state index contributed by atoms with van der Waals surface area (Å²) < 4.78 is 3.65. The summed E-state index contributed by atoms with van der Waals surface area (Å²) in [5, 5.41) is 28.0. The van der Waals surface area contributed by atoms with Crippen LogP contribution in [0.3, 0.4) is 0 Å². The van der Waals surface area contributed by atoms with Crippen LogP contribution in [0.2, 0.25) is 0 Å². The Morgan fingerprint density at radius 1 is 0.484 bits per heavy atom. The molecular weight excluding hydrogens is 781 g/mol. The molecule has 12 heteroatoms. The molecule has 0 radical (unpaired) electrons. The Hall–Kier alpha value is -5.26. The first-order valence-corrected chi connectivity index (χ1v) is 23.6. The second-order valence-electron chi connectivity index (χ2n) is 19.0. The van der Waals surface area contributed by atoms with E-state index in [4.69, 9.17) is 0 Å². The maximum absolute atomic E-state index is 13.1. The lowest BCUT2D eigenvalue weighted by molar-refractivity contribution is -0.138. The van der Waals surface area contributed by atoms with Crippen molar-refractivity contribution in [1.82, 2.24) is 29.4 Å². The third kappa shape index (κ3) is 9.25. The summed E-state index contributed by atoms with van der Waals surface area (Å²) in [7, 11) is 0. The number of amides is 2. The number of likely N-dealkylation sites (tertiary alicyclic amines) is 2. The molecule has 6 aliphatic rings. The first-order chi connectivity index (χ1) is 30.2. The Balaban J connectivity index is 0.000000158. The summed E-state index contributed by atoms with van der Waals surface area (Å²) in [4.78, 5) is 53.6. The van der Waals surface area contributed by atoms with Crippen LogP contribution in [-0.4, -0.2) is 89.5 Å². The summed E-state index contributed by atoms with van der Waals surface area (Å²) >= 11 is 0. The van der Waals surface area contributed by atoms with Gasteiger partial charge in [0.15, 0.2) is 0 Å². The lowest BCUT2D eigenvalue weighted by Gasteiger charge is -2.34. The van der Waals surface area contributed by atoms with E-state index in [9.17, 15) is 29.4 Å². The second kappa shape index (κ2) is 18.6. The first kappa shape index (κ1) is 42.1. The van der Waals surface area contributed by atoms with Gasteiger partial charge in [-0.25, -0.2) is 19.0 Å². The van der Waals surface area contributed by atoms with E-state index in [0.29, 0.717) is 46.6 Å². The number of benzene rings is 2. The molecule has 10 rings (SSSR count).